The lowest BCUT2D eigenvalue weighted by Crippen LogP contribution is -2.16. The third-order valence-corrected chi connectivity index (χ3v) is 7.11. The summed E-state index contributed by atoms with van der Waals surface area (Å²) in [6.07, 6.45) is 2.11. The molecule has 4 aromatic rings. The number of pyridine rings is 1. The molecule has 1 fully saturated rings. The van der Waals surface area contributed by atoms with Crippen LogP contribution in [-0.4, -0.2) is 44.6 Å². The minimum Gasteiger partial charge on any atom is -0.352 e. The molecule has 1 aliphatic rings. The molecule has 0 atom stereocenters. The number of fused-ring (bicyclic) bond motifs is 1. The second-order valence-electron chi connectivity index (χ2n) is 8.76. The molecule has 1 amide bonds. The van der Waals surface area contributed by atoms with Gasteiger partial charge < -0.3 is 20.2 Å². The molecular formula is C23H24F2N8O3S. The zero-order valence-corrected chi connectivity index (χ0v) is 20.7. The number of hydrogen-bond acceptors (Lipinski definition) is 7. The van der Waals surface area contributed by atoms with Crippen LogP contribution in [0.3, 0.4) is 0 Å². The quantitative estimate of drug-likeness (QED) is 0.254. The second kappa shape index (κ2) is 9.42. The number of alkyl halides is 2. The fourth-order valence-electron chi connectivity index (χ4n) is 3.69. The molecule has 4 N–H and O–H groups in total. The van der Waals surface area contributed by atoms with Crippen molar-refractivity contribution in [3.63, 3.8) is 0 Å². The number of carbonyl (C=O) groups is 1. The molecule has 1 aliphatic carbocycles. The molecule has 14 heteroatoms. The van der Waals surface area contributed by atoms with Gasteiger partial charge in [0, 0.05) is 30.8 Å². The number of amides is 1. The van der Waals surface area contributed by atoms with Crippen molar-refractivity contribution >= 4 is 50.0 Å². The SMILES string of the molecule is CCS(=O)(=O)Nc1cc(-c2cn(C)cn2)ccc1Nc1cc(NC(=O)C2CC2)nc2nc(C(F)F)[nH]c12. The van der Waals surface area contributed by atoms with Gasteiger partial charge in [-0.1, -0.05) is 6.07 Å². The van der Waals surface area contributed by atoms with Crippen LogP contribution in [0.15, 0.2) is 36.8 Å². The number of sulfonamides is 1. The van der Waals surface area contributed by atoms with Crippen LogP contribution in [0.1, 0.15) is 32.0 Å². The summed E-state index contributed by atoms with van der Waals surface area (Å²) in [5.41, 5.74) is 2.31. The molecule has 194 valence electrons. The number of imidazole rings is 2. The molecule has 11 nitrogen and oxygen atoms in total. The minimum absolute atomic E-state index is 0.0211. The maximum absolute atomic E-state index is 13.4. The van der Waals surface area contributed by atoms with Crippen molar-refractivity contribution in [2.45, 2.75) is 26.2 Å². The Labute approximate surface area is 210 Å². The van der Waals surface area contributed by atoms with Gasteiger partial charge in [0.15, 0.2) is 11.5 Å². The van der Waals surface area contributed by atoms with Gasteiger partial charge >= 0.3 is 0 Å². The first kappa shape index (κ1) is 24.6. The summed E-state index contributed by atoms with van der Waals surface area (Å²) in [6, 6.07) is 6.52. The number of aromatic nitrogens is 5. The first-order valence-electron chi connectivity index (χ1n) is 11.5. The zero-order valence-electron chi connectivity index (χ0n) is 19.9. The van der Waals surface area contributed by atoms with Crippen molar-refractivity contribution in [1.82, 2.24) is 24.5 Å². The smallest absolute Gasteiger partial charge is 0.295 e. The Balaban J connectivity index is 1.58. The zero-order chi connectivity index (χ0) is 26.3. The Morgan fingerprint density at radius 3 is 2.62 bits per heavy atom. The number of carbonyl (C=O) groups excluding carboxylic acids is 1. The molecular weight excluding hydrogens is 506 g/mol. The van der Waals surface area contributed by atoms with Gasteiger partial charge in [-0.15, -0.1) is 0 Å². The van der Waals surface area contributed by atoms with Crippen molar-refractivity contribution < 1.29 is 22.0 Å². The van der Waals surface area contributed by atoms with Crippen LogP contribution in [0.5, 0.6) is 0 Å². The normalized spacial score (nSPS) is 13.8. The highest BCUT2D eigenvalue weighted by Crippen LogP contribution is 2.35. The molecule has 37 heavy (non-hydrogen) atoms. The van der Waals surface area contributed by atoms with E-state index in [9.17, 15) is 22.0 Å². The van der Waals surface area contributed by atoms with E-state index >= 15 is 0 Å². The van der Waals surface area contributed by atoms with E-state index in [1.807, 2.05) is 7.05 Å². The molecule has 0 unspecified atom stereocenters. The van der Waals surface area contributed by atoms with Gasteiger partial charge in [0.2, 0.25) is 15.9 Å². The van der Waals surface area contributed by atoms with Gasteiger partial charge in [-0.25, -0.2) is 32.2 Å². The maximum Gasteiger partial charge on any atom is 0.295 e. The number of H-pyrrole nitrogens is 1. The summed E-state index contributed by atoms with van der Waals surface area (Å²) >= 11 is 0. The van der Waals surface area contributed by atoms with E-state index in [1.165, 1.54) is 13.0 Å². The lowest BCUT2D eigenvalue weighted by Gasteiger charge is -2.16. The average molecular weight is 531 g/mol. The van der Waals surface area contributed by atoms with Gasteiger partial charge in [0.05, 0.1) is 34.8 Å². The van der Waals surface area contributed by atoms with Crippen LogP contribution in [0.25, 0.3) is 22.4 Å². The van der Waals surface area contributed by atoms with Crippen molar-refractivity contribution in [2.24, 2.45) is 13.0 Å². The summed E-state index contributed by atoms with van der Waals surface area (Å²) in [6.45, 7) is 1.51. The predicted molar refractivity (Wildman–Crippen MR) is 135 cm³/mol. The molecule has 0 aliphatic heterocycles. The molecule has 3 heterocycles. The monoisotopic (exact) mass is 530 g/mol. The first-order valence-corrected chi connectivity index (χ1v) is 13.2. The third kappa shape index (κ3) is 5.38. The maximum atomic E-state index is 13.4. The molecule has 5 rings (SSSR count). The molecule has 3 aromatic heterocycles. The van der Waals surface area contributed by atoms with E-state index in [0.717, 1.165) is 12.8 Å². The fourth-order valence-corrected chi connectivity index (χ4v) is 4.34. The van der Waals surface area contributed by atoms with E-state index in [0.29, 0.717) is 16.9 Å². The molecule has 1 saturated carbocycles. The van der Waals surface area contributed by atoms with Crippen LogP contribution in [0.4, 0.5) is 31.7 Å². The van der Waals surface area contributed by atoms with E-state index in [2.05, 4.69) is 35.3 Å². The number of rotatable bonds is 9. The van der Waals surface area contributed by atoms with Gasteiger partial charge in [-0.3, -0.25) is 9.52 Å². The van der Waals surface area contributed by atoms with Gasteiger partial charge in [-0.05, 0) is 31.9 Å². The van der Waals surface area contributed by atoms with Gasteiger partial charge in [-0.2, -0.15) is 0 Å². The van der Waals surface area contributed by atoms with Crippen LogP contribution in [0, 0.1) is 5.92 Å². The van der Waals surface area contributed by atoms with E-state index in [1.54, 1.807) is 35.3 Å². The molecule has 0 bridgehead atoms. The highest BCUT2D eigenvalue weighted by Gasteiger charge is 2.30. The highest BCUT2D eigenvalue weighted by molar-refractivity contribution is 7.92. The molecule has 0 radical (unpaired) electrons. The Morgan fingerprint density at radius 2 is 1.97 bits per heavy atom. The summed E-state index contributed by atoms with van der Waals surface area (Å²) in [4.78, 5) is 27.3. The third-order valence-electron chi connectivity index (χ3n) is 5.82. The second-order valence-corrected chi connectivity index (χ2v) is 10.8. The number of hydrogen-bond donors (Lipinski definition) is 4. The first-order chi connectivity index (χ1) is 17.6. The summed E-state index contributed by atoms with van der Waals surface area (Å²) in [5.74, 6) is -0.902. The number of aryl methyl sites for hydroxylation is 1. The Hall–Kier alpha value is -4.07. The van der Waals surface area contributed by atoms with E-state index in [4.69, 9.17) is 0 Å². The predicted octanol–water partition coefficient (Wildman–Crippen LogP) is 4.15. The number of nitrogens with one attached hydrogen (secondary N) is 4. The Morgan fingerprint density at radius 1 is 1.19 bits per heavy atom. The lowest BCUT2D eigenvalue weighted by molar-refractivity contribution is -0.117. The topological polar surface area (TPSA) is 147 Å². The highest BCUT2D eigenvalue weighted by atomic mass is 32.2. The number of anilines is 4. The van der Waals surface area contributed by atoms with Gasteiger partial charge in [0.25, 0.3) is 6.43 Å². The van der Waals surface area contributed by atoms with Crippen molar-refractivity contribution in [2.75, 3.05) is 21.1 Å². The van der Waals surface area contributed by atoms with Crippen molar-refractivity contribution in [3.05, 3.63) is 42.6 Å². The van der Waals surface area contributed by atoms with Crippen LogP contribution >= 0.6 is 0 Å². The number of nitrogens with zero attached hydrogens (tertiary/aromatic N) is 4. The molecule has 1 aromatic carbocycles. The Bertz CT molecular complexity index is 1590. The van der Waals surface area contributed by atoms with Crippen LogP contribution in [-0.2, 0) is 21.9 Å². The summed E-state index contributed by atoms with van der Waals surface area (Å²) in [7, 11) is -1.84. The average Bonchev–Trinajstić information content (AvgIpc) is 3.47. The van der Waals surface area contributed by atoms with Crippen molar-refractivity contribution in [3.8, 4) is 11.3 Å². The van der Waals surface area contributed by atoms with Crippen LogP contribution < -0.4 is 15.4 Å². The minimum atomic E-state index is -3.66. The summed E-state index contributed by atoms with van der Waals surface area (Å²) in [5, 5.41) is 5.80. The largest absolute Gasteiger partial charge is 0.352 e. The lowest BCUT2D eigenvalue weighted by atomic mass is 10.1. The van der Waals surface area contributed by atoms with Crippen molar-refractivity contribution in [1.29, 1.82) is 0 Å². The van der Waals surface area contributed by atoms with Crippen LogP contribution in [0.2, 0.25) is 0 Å². The Kier molecular flexibility index (Phi) is 6.27. The van der Waals surface area contributed by atoms with E-state index in [-0.39, 0.29) is 45.9 Å². The summed E-state index contributed by atoms with van der Waals surface area (Å²) < 4.78 is 56.0. The molecule has 0 saturated heterocycles. The standard InChI is InChI=1S/C23H24F2N8O3S/c1-3-37(35,36)32-15-8-13(17-10-33(2)11-26-17)6-7-14(15)27-16-9-18(29-23(34)12-4-5-12)28-21-19(16)30-22(31-21)20(24)25/h6-12,20,32H,3-5H2,1-2H3,(H3,27,28,29,30,31,34). The number of aromatic amines is 1. The number of benzene rings is 1. The molecule has 0 spiro atoms. The van der Waals surface area contributed by atoms with Gasteiger partial charge in [0.1, 0.15) is 11.3 Å². The van der Waals surface area contributed by atoms with E-state index < -0.39 is 22.3 Å². The number of halogens is 2. The fraction of sp³-hybridized carbons (Fsp3) is 0.304.